The van der Waals surface area contributed by atoms with Gasteiger partial charge in [0.25, 0.3) is 0 Å². The molecule has 3 aromatic carbocycles. The molecule has 188 valence electrons. The highest BCUT2D eigenvalue weighted by molar-refractivity contribution is 5.88. The summed E-state index contributed by atoms with van der Waals surface area (Å²) < 4.78 is 6.33. The van der Waals surface area contributed by atoms with Crippen molar-refractivity contribution in [3.8, 4) is 5.75 Å². The number of carbonyl (C=O) groups is 1. The van der Waals surface area contributed by atoms with Crippen LogP contribution in [-0.2, 0) is 0 Å². The van der Waals surface area contributed by atoms with Crippen LogP contribution in [0.25, 0.3) is 16.8 Å². The van der Waals surface area contributed by atoms with Gasteiger partial charge in [-0.05, 0) is 54.0 Å². The SMILES string of the molecule is O=C(O)c1ccc(/C=C(/CNC2CCN(C3CCCCC3)C2)COc2cccc3ccccc23)cc1. The molecule has 5 rings (SSSR count). The number of hydrogen-bond donors (Lipinski definition) is 2. The van der Waals surface area contributed by atoms with Crippen molar-refractivity contribution in [3.63, 3.8) is 0 Å². The van der Waals surface area contributed by atoms with Gasteiger partial charge in [-0.2, -0.15) is 0 Å². The number of rotatable bonds is 9. The largest absolute Gasteiger partial charge is 0.489 e. The fraction of sp³-hybridized carbons (Fsp3) is 0.387. The molecule has 36 heavy (non-hydrogen) atoms. The Hall–Kier alpha value is -3.15. The number of benzene rings is 3. The lowest BCUT2D eigenvalue weighted by atomic mass is 9.94. The summed E-state index contributed by atoms with van der Waals surface area (Å²) in [6.45, 7) is 3.52. The topological polar surface area (TPSA) is 61.8 Å². The number of fused-ring (bicyclic) bond motifs is 1. The van der Waals surface area contributed by atoms with Gasteiger partial charge in [0.15, 0.2) is 0 Å². The molecule has 0 amide bonds. The van der Waals surface area contributed by atoms with Crippen LogP contribution < -0.4 is 10.1 Å². The molecule has 1 unspecified atom stereocenters. The Morgan fingerprint density at radius 3 is 2.56 bits per heavy atom. The molecule has 2 N–H and O–H groups in total. The zero-order valence-electron chi connectivity index (χ0n) is 20.9. The second kappa shape index (κ2) is 11.7. The van der Waals surface area contributed by atoms with Crippen molar-refractivity contribution in [2.24, 2.45) is 0 Å². The smallest absolute Gasteiger partial charge is 0.335 e. The molecular formula is C31H36N2O3. The Morgan fingerprint density at radius 1 is 0.972 bits per heavy atom. The van der Waals surface area contributed by atoms with Crippen molar-refractivity contribution in [2.45, 2.75) is 50.6 Å². The van der Waals surface area contributed by atoms with E-state index in [0.29, 0.717) is 18.2 Å². The Morgan fingerprint density at radius 2 is 1.75 bits per heavy atom. The third-order valence-electron chi connectivity index (χ3n) is 7.62. The van der Waals surface area contributed by atoms with Crippen LogP contribution in [0.3, 0.4) is 0 Å². The Labute approximate surface area is 213 Å². The monoisotopic (exact) mass is 484 g/mol. The molecule has 0 spiro atoms. The van der Waals surface area contributed by atoms with Gasteiger partial charge in [-0.25, -0.2) is 4.79 Å². The molecule has 0 bridgehead atoms. The summed E-state index contributed by atoms with van der Waals surface area (Å²) in [5.41, 5.74) is 2.42. The second-order valence-electron chi connectivity index (χ2n) is 10.1. The molecule has 1 saturated heterocycles. The van der Waals surface area contributed by atoms with Crippen molar-refractivity contribution in [3.05, 3.63) is 83.4 Å². The maximum atomic E-state index is 11.2. The van der Waals surface area contributed by atoms with Crippen LogP contribution in [0, 0.1) is 0 Å². The molecule has 1 saturated carbocycles. The van der Waals surface area contributed by atoms with E-state index in [1.807, 2.05) is 36.4 Å². The lowest BCUT2D eigenvalue weighted by Gasteiger charge is -2.31. The quantitative estimate of drug-likeness (QED) is 0.390. The van der Waals surface area contributed by atoms with Gasteiger partial charge in [0.05, 0.1) is 5.56 Å². The Kier molecular flexibility index (Phi) is 7.99. The van der Waals surface area contributed by atoms with E-state index in [4.69, 9.17) is 4.74 Å². The first-order valence-corrected chi connectivity index (χ1v) is 13.3. The van der Waals surface area contributed by atoms with Crippen molar-refractivity contribution in [1.82, 2.24) is 10.2 Å². The highest BCUT2D eigenvalue weighted by atomic mass is 16.5. The first-order valence-electron chi connectivity index (χ1n) is 13.3. The molecule has 1 heterocycles. The fourth-order valence-corrected chi connectivity index (χ4v) is 5.60. The minimum absolute atomic E-state index is 0.299. The zero-order valence-corrected chi connectivity index (χ0v) is 20.9. The summed E-state index contributed by atoms with van der Waals surface area (Å²) in [7, 11) is 0. The van der Waals surface area contributed by atoms with Crippen molar-refractivity contribution >= 4 is 22.8 Å². The molecule has 1 aliphatic carbocycles. The minimum atomic E-state index is -0.907. The Bertz CT molecular complexity index is 1190. The van der Waals surface area contributed by atoms with Crippen LogP contribution >= 0.6 is 0 Å². The average Bonchev–Trinajstić information content (AvgIpc) is 3.40. The fourth-order valence-electron chi connectivity index (χ4n) is 5.60. The van der Waals surface area contributed by atoms with Gasteiger partial charge in [-0.1, -0.05) is 73.9 Å². The lowest BCUT2D eigenvalue weighted by Crippen LogP contribution is -2.39. The normalized spacial score (nSPS) is 19.6. The summed E-state index contributed by atoms with van der Waals surface area (Å²) in [5, 5.41) is 15.3. The van der Waals surface area contributed by atoms with Gasteiger partial charge in [0.1, 0.15) is 12.4 Å². The maximum Gasteiger partial charge on any atom is 0.335 e. The van der Waals surface area contributed by atoms with Crippen molar-refractivity contribution < 1.29 is 14.6 Å². The number of nitrogens with one attached hydrogen (secondary N) is 1. The van der Waals surface area contributed by atoms with Crippen LogP contribution in [0.4, 0.5) is 0 Å². The molecule has 5 heteroatoms. The minimum Gasteiger partial charge on any atom is -0.489 e. The van der Waals surface area contributed by atoms with E-state index in [1.165, 1.54) is 45.1 Å². The van der Waals surface area contributed by atoms with Gasteiger partial charge in [0.2, 0.25) is 0 Å². The van der Waals surface area contributed by atoms with Crippen LogP contribution in [0.1, 0.15) is 54.4 Å². The van der Waals surface area contributed by atoms with Gasteiger partial charge >= 0.3 is 5.97 Å². The number of nitrogens with zero attached hydrogens (tertiary/aromatic N) is 1. The Balaban J connectivity index is 1.27. The number of carboxylic acid groups (broad SMARTS) is 1. The van der Waals surface area contributed by atoms with Crippen molar-refractivity contribution in [1.29, 1.82) is 0 Å². The van der Waals surface area contributed by atoms with Crippen LogP contribution in [0.2, 0.25) is 0 Å². The maximum absolute atomic E-state index is 11.2. The number of carboxylic acids is 1. The summed E-state index contributed by atoms with van der Waals surface area (Å²) in [4.78, 5) is 13.9. The van der Waals surface area contributed by atoms with Gasteiger partial charge < -0.3 is 15.2 Å². The third kappa shape index (κ3) is 6.15. The molecule has 2 aliphatic rings. The summed E-state index contributed by atoms with van der Waals surface area (Å²) in [6, 6.07) is 22.7. The number of ether oxygens (including phenoxy) is 1. The van der Waals surface area contributed by atoms with Gasteiger partial charge in [0, 0.05) is 37.1 Å². The average molecular weight is 485 g/mol. The molecule has 2 fully saturated rings. The second-order valence-corrected chi connectivity index (χ2v) is 10.1. The molecule has 0 aromatic heterocycles. The van der Waals surface area contributed by atoms with E-state index in [0.717, 1.165) is 46.8 Å². The van der Waals surface area contributed by atoms with Gasteiger partial charge in [-0.3, -0.25) is 4.90 Å². The molecule has 1 aliphatic heterocycles. The number of hydrogen-bond acceptors (Lipinski definition) is 4. The van der Waals surface area contributed by atoms with E-state index in [1.54, 1.807) is 12.1 Å². The highest BCUT2D eigenvalue weighted by Crippen LogP contribution is 2.27. The predicted molar refractivity (Wildman–Crippen MR) is 146 cm³/mol. The van der Waals surface area contributed by atoms with Crippen LogP contribution in [-0.4, -0.2) is 54.3 Å². The van der Waals surface area contributed by atoms with Crippen LogP contribution in [0.15, 0.2) is 72.3 Å². The van der Waals surface area contributed by atoms with E-state index in [2.05, 4.69) is 34.5 Å². The zero-order chi connectivity index (χ0) is 24.7. The molecule has 0 radical (unpaired) electrons. The van der Waals surface area contributed by atoms with E-state index < -0.39 is 5.97 Å². The highest BCUT2D eigenvalue weighted by Gasteiger charge is 2.28. The van der Waals surface area contributed by atoms with Crippen molar-refractivity contribution in [2.75, 3.05) is 26.2 Å². The van der Waals surface area contributed by atoms with E-state index in [9.17, 15) is 9.90 Å². The van der Waals surface area contributed by atoms with Gasteiger partial charge in [-0.15, -0.1) is 0 Å². The summed E-state index contributed by atoms with van der Waals surface area (Å²) >= 11 is 0. The number of aromatic carboxylic acids is 1. The first kappa shape index (κ1) is 24.5. The summed E-state index contributed by atoms with van der Waals surface area (Å²) in [6.07, 6.45) is 10.1. The standard InChI is InChI=1S/C31H36N2O3/c34-31(35)26-15-13-23(14-16-26)19-24(22-36-30-12-6-8-25-7-4-5-11-29(25)30)20-32-27-17-18-33(21-27)28-9-2-1-3-10-28/h4-8,11-16,19,27-28,32H,1-3,9-10,17-18,20-22H2,(H,34,35)/b24-19-. The number of likely N-dealkylation sites (tertiary alicyclic amines) is 1. The molecular weight excluding hydrogens is 448 g/mol. The van der Waals surface area contributed by atoms with E-state index in [-0.39, 0.29) is 0 Å². The molecule has 1 atom stereocenters. The molecule has 3 aromatic rings. The molecule has 5 nitrogen and oxygen atoms in total. The predicted octanol–water partition coefficient (Wildman–Crippen LogP) is 6.00. The lowest BCUT2D eigenvalue weighted by molar-refractivity contribution is 0.0697. The first-order chi connectivity index (χ1) is 17.7. The summed E-state index contributed by atoms with van der Waals surface area (Å²) in [5.74, 6) is -0.0278. The third-order valence-corrected chi connectivity index (χ3v) is 7.62. The van der Waals surface area contributed by atoms with E-state index >= 15 is 0 Å². The van der Waals surface area contributed by atoms with Crippen LogP contribution in [0.5, 0.6) is 5.75 Å².